The first kappa shape index (κ1) is 16.7. The Morgan fingerprint density at radius 2 is 2.04 bits per heavy atom. The van der Waals surface area contributed by atoms with Gasteiger partial charge in [-0.15, -0.1) is 11.8 Å². The lowest BCUT2D eigenvalue weighted by molar-refractivity contribution is 0.0758. The number of aryl methyl sites for hydroxylation is 2. The van der Waals surface area contributed by atoms with Gasteiger partial charge in [-0.2, -0.15) is 5.10 Å². The fourth-order valence-electron chi connectivity index (χ4n) is 2.85. The van der Waals surface area contributed by atoms with Gasteiger partial charge < -0.3 is 4.90 Å². The van der Waals surface area contributed by atoms with Gasteiger partial charge in [0.05, 0.1) is 21.3 Å². The highest BCUT2D eigenvalue weighted by atomic mass is 35.5. The normalized spacial score (nSPS) is 17.8. The van der Waals surface area contributed by atoms with E-state index in [1.165, 1.54) is 0 Å². The second kappa shape index (κ2) is 6.38. The first-order valence-corrected chi connectivity index (χ1v) is 9.08. The van der Waals surface area contributed by atoms with Crippen LogP contribution in [-0.4, -0.2) is 32.9 Å². The number of benzene rings is 1. The molecule has 7 heteroatoms. The monoisotopic (exact) mass is 369 g/mol. The summed E-state index contributed by atoms with van der Waals surface area (Å²) in [5.74, 6) is 0.920. The Balaban J connectivity index is 1.95. The van der Waals surface area contributed by atoms with Crippen molar-refractivity contribution in [3.63, 3.8) is 0 Å². The predicted molar refractivity (Wildman–Crippen MR) is 95.4 cm³/mol. The summed E-state index contributed by atoms with van der Waals surface area (Å²) >= 11 is 13.9. The molecule has 0 spiro atoms. The van der Waals surface area contributed by atoms with Crippen molar-refractivity contribution < 1.29 is 4.79 Å². The summed E-state index contributed by atoms with van der Waals surface area (Å²) < 4.78 is 1.75. The van der Waals surface area contributed by atoms with Crippen LogP contribution in [0.3, 0.4) is 0 Å². The van der Waals surface area contributed by atoms with E-state index in [9.17, 15) is 4.79 Å². The molecular formula is C16H17Cl2N3OS. The summed E-state index contributed by atoms with van der Waals surface area (Å²) in [6, 6.07) is 5.55. The zero-order valence-electron chi connectivity index (χ0n) is 13.1. The predicted octanol–water partition coefficient (Wildman–Crippen LogP) is 4.23. The minimum absolute atomic E-state index is 0.0224. The van der Waals surface area contributed by atoms with Crippen molar-refractivity contribution in [3.05, 3.63) is 50.8 Å². The Morgan fingerprint density at radius 1 is 1.30 bits per heavy atom. The second-order valence-electron chi connectivity index (χ2n) is 5.56. The maximum Gasteiger partial charge on any atom is 0.258 e. The second-order valence-corrected chi connectivity index (χ2v) is 7.57. The highest BCUT2D eigenvalue weighted by molar-refractivity contribution is 7.99. The van der Waals surface area contributed by atoms with Crippen LogP contribution in [0.1, 0.15) is 32.7 Å². The largest absolute Gasteiger partial charge is 0.322 e. The smallest absolute Gasteiger partial charge is 0.258 e. The van der Waals surface area contributed by atoms with Crippen molar-refractivity contribution in [2.24, 2.45) is 7.05 Å². The van der Waals surface area contributed by atoms with Crippen molar-refractivity contribution in [1.29, 1.82) is 0 Å². The zero-order valence-corrected chi connectivity index (χ0v) is 15.5. The molecule has 0 radical (unpaired) electrons. The molecule has 1 amide bonds. The summed E-state index contributed by atoms with van der Waals surface area (Å²) in [5, 5.41) is 5.34. The number of nitrogens with zero attached hydrogens (tertiary/aromatic N) is 3. The Hall–Kier alpha value is -1.17. The van der Waals surface area contributed by atoms with E-state index in [1.54, 1.807) is 22.5 Å². The van der Waals surface area contributed by atoms with E-state index < -0.39 is 0 Å². The number of halogens is 2. The zero-order chi connectivity index (χ0) is 16.7. The lowest BCUT2D eigenvalue weighted by Crippen LogP contribution is -2.31. The van der Waals surface area contributed by atoms with Gasteiger partial charge >= 0.3 is 0 Å². The van der Waals surface area contributed by atoms with E-state index in [1.807, 2.05) is 37.9 Å². The van der Waals surface area contributed by atoms with Gasteiger partial charge in [0.1, 0.15) is 5.37 Å². The summed E-state index contributed by atoms with van der Waals surface area (Å²) in [6.07, 6.45) is 0. The average molecular weight is 370 g/mol. The number of amides is 1. The lowest BCUT2D eigenvalue weighted by atomic mass is 10.1. The third kappa shape index (κ3) is 2.97. The molecule has 1 fully saturated rings. The first-order chi connectivity index (χ1) is 10.9. The molecule has 1 aliphatic heterocycles. The summed E-state index contributed by atoms with van der Waals surface area (Å²) in [7, 11) is 1.86. The number of carbonyl (C=O) groups excluding carboxylic acids is 1. The van der Waals surface area contributed by atoms with Crippen molar-refractivity contribution in [2.75, 3.05) is 12.3 Å². The number of rotatable bonds is 2. The molecule has 0 bridgehead atoms. The number of hydrogen-bond acceptors (Lipinski definition) is 3. The minimum atomic E-state index is -0.0451. The van der Waals surface area contributed by atoms with Gasteiger partial charge in [-0.1, -0.05) is 29.3 Å². The standard InChI is InChI=1S/C16H17Cl2N3OS/c1-9-14(10(2)20(3)19-9)15(22)21-6-7-23-16(21)11-4-5-12(17)13(18)8-11/h4-5,8,16H,6-7H2,1-3H3/t16-/m0/s1. The van der Waals surface area contributed by atoms with E-state index in [4.69, 9.17) is 23.2 Å². The molecule has 0 aliphatic carbocycles. The molecule has 2 heterocycles. The minimum Gasteiger partial charge on any atom is -0.322 e. The molecule has 1 atom stereocenters. The maximum atomic E-state index is 13.0. The molecule has 2 aromatic rings. The summed E-state index contributed by atoms with van der Waals surface area (Å²) in [6.45, 7) is 4.50. The van der Waals surface area contributed by atoms with Crippen LogP contribution in [0, 0.1) is 13.8 Å². The molecular weight excluding hydrogens is 353 g/mol. The Kier molecular flexibility index (Phi) is 4.63. The molecule has 23 heavy (non-hydrogen) atoms. The topological polar surface area (TPSA) is 38.1 Å². The molecule has 0 N–H and O–H groups in total. The van der Waals surface area contributed by atoms with Crippen molar-refractivity contribution in [3.8, 4) is 0 Å². The molecule has 0 unspecified atom stereocenters. The van der Waals surface area contributed by atoms with E-state index in [2.05, 4.69) is 5.10 Å². The fraction of sp³-hybridized carbons (Fsp3) is 0.375. The van der Waals surface area contributed by atoms with E-state index >= 15 is 0 Å². The first-order valence-electron chi connectivity index (χ1n) is 7.28. The molecule has 1 aliphatic rings. The number of thioether (sulfide) groups is 1. The van der Waals surface area contributed by atoms with Crippen molar-refractivity contribution in [1.82, 2.24) is 14.7 Å². The summed E-state index contributed by atoms with van der Waals surface area (Å²) in [5.41, 5.74) is 3.34. The van der Waals surface area contributed by atoms with Crippen LogP contribution in [0.25, 0.3) is 0 Å². The SMILES string of the molecule is Cc1nn(C)c(C)c1C(=O)N1CCS[C@H]1c1ccc(Cl)c(Cl)c1. The Morgan fingerprint density at radius 3 is 2.65 bits per heavy atom. The van der Waals surface area contributed by atoms with Crippen LogP contribution in [-0.2, 0) is 7.05 Å². The number of hydrogen-bond donors (Lipinski definition) is 0. The molecule has 3 rings (SSSR count). The van der Waals surface area contributed by atoms with Gasteiger partial charge in [-0.25, -0.2) is 0 Å². The third-order valence-electron chi connectivity index (χ3n) is 4.10. The Labute approximate surface area is 149 Å². The van der Waals surface area contributed by atoms with Crippen LogP contribution < -0.4 is 0 Å². The van der Waals surface area contributed by atoms with E-state index in [0.717, 1.165) is 22.7 Å². The average Bonchev–Trinajstić information content (AvgIpc) is 3.07. The van der Waals surface area contributed by atoms with Gasteiger partial charge in [0.2, 0.25) is 0 Å². The molecule has 1 aromatic heterocycles. The molecule has 1 saturated heterocycles. The van der Waals surface area contributed by atoms with Crippen LogP contribution >= 0.6 is 35.0 Å². The fourth-order valence-corrected chi connectivity index (χ4v) is 4.40. The van der Waals surface area contributed by atoms with Gasteiger partial charge in [0.15, 0.2) is 0 Å². The van der Waals surface area contributed by atoms with Crippen LogP contribution in [0.15, 0.2) is 18.2 Å². The van der Waals surface area contributed by atoms with Crippen molar-refractivity contribution >= 4 is 40.9 Å². The molecule has 4 nitrogen and oxygen atoms in total. The quantitative estimate of drug-likeness (QED) is 0.794. The third-order valence-corrected chi connectivity index (χ3v) is 6.10. The highest BCUT2D eigenvalue weighted by Gasteiger charge is 2.33. The summed E-state index contributed by atoms with van der Waals surface area (Å²) in [4.78, 5) is 14.9. The van der Waals surface area contributed by atoms with Crippen molar-refractivity contribution in [2.45, 2.75) is 19.2 Å². The van der Waals surface area contributed by atoms with Gasteiger partial charge in [0, 0.05) is 25.0 Å². The van der Waals surface area contributed by atoms with E-state index in [-0.39, 0.29) is 11.3 Å². The van der Waals surface area contributed by atoms with Gasteiger partial charge in [0.25, 0.3) is 5.91 Å². The molecule has 1 aromatic carbocycles. The van der Waals surface area contributed by atoms with Gasteiger partial charge in [-0.3, -0.25) is 9.48 Å². The lowest BCUT2D eigenvalue weighted by Gasteiger charge is -2.24. The number of aromatic nitrogens is 2. The van der Waals surface area contributed by atoms with Gasteiger partial charge in [-0.05, 0) is 31.5 Å². The van der Waals surface area contributed by atoms with E-state index in [0.29, 0.717) is 22.2 Å². The molecule has 0 saturated carbocycles. The van der Waals surface area contributed by atoms with Crippen LogP contribution in [0.2, 0.25) is 10.0 Å². The van der Waals surface area contributed by atoms with Crippen LogP contribution in [0.5, 0.6) is 0 Å². The molecule has 122 valence electrons. The van der Waals surface area contributed by atoms with Crippen LogP contribution in [0.4, 0.5) is 0 Å². The Bertz CT molecular complexity index is 775. The highest BCUT2D eigenvalue weighted by Crippen LogP contribution is 2.40. The number of carbonyl (C=O) groups is 1. The maximum absolute atomic E-state index is 13.0.